The van der Waals surface area contributed by atoms with Crippen LogP contribution in [-0.2, 0) is 24.2 Å². The van der Waals surface area contributed by atoms with Crippen LogP contribution in [0.3, 0.4) is 0 Å². The number of hydrogen-bond donors (Lipinski definition) is 3. The zero-order valence-electron chi connectivity index (χ0n) is 33.7. The molecular formula is C42H71N3O6S. The van der Waals surface area contributed by atoms with E-state index in [-0.39, 0.29) is 57.3 Å². The zero-order valence-corrected chi connectivity index (χ0v) is 34.5. The van der Waals surface area contributed by atoms with Gasteiger partial charge in [-0.1, -0.05) is 46.8 Å². The Bertz CT molecular complexity index is 1510. The van der Waals surface area contributed by atoms with Gasteiger partial charge in [0.15, 0.2) is 9.84 Å². The van der Waals surface area contributed by atoms with Gasteiger partial charge in [0.2, 0.25) is 0 Å². The van der Waals surface area contributed by atoms with Crippen LogP contribution in [0.25, 0.3) is 0 Å². The number of aliphatic carboxylic acids is 1. The number of allylic oxidation sites excluding steroid dienone is 1. The SMILES string of the molecule is C=C(C)[C@@H]1CC[C@]2(NCC(CN)N3CCS(=O)(=O)CC3)CC[C@]3(C)[C@H](CC[C@@H]4[C@@]5(C)CC[C@H](OC(=O)CC(C)(C)C(=O)O)C(C)(C)[C@@H]5CC[C@]43C)[C@@H]12. The van der Waals surface area contributed by atoms with Gasteiger partial charge in [-0.15, -0.1) is 0 Å². The van der Waals surface area contributed by atoms with E-state index in [1.165, 1.54) is 37.7 Å². The van der Waals surface area contributed by atoms with Gasteiger partial charge < -0.3 is 20.9 Å². The molecule has 0 radical (unpaired) electrons. The molecule has 11 atom stereocenters. The summed E-state index contributed by atoms with van der Waals surface area (Å²) in [6, 6.07) is 0.132. The zero-order chi connectivity index (χ0) is 38.3. The van der Waals surface area contributed by atoms with E-state index in [4.69, 9.17) is 10.5 Å². The summed E-state index contributed by atoms with van der Waals surface area (Å²) in [5.74, 6) is 1.70. The molecule has 0 bridgehead atoms. The van der Waals surface area contributed by atoms with Gasteiger partial charge in [0.25, 0.3) is 0 Å². The quantitative estimate of drug-likeness (QED) is 0.170. The van der Waals surface area contributed by atoms with Crippen molar-refractivity contribution in [2.75, 3.05) is 37.7 Å². The number of nitrogens with zero attached hydrogens (tertiary/aromatic N) is 1. The highest BCUT2D eigenvalue weighted by Gasteiger charge is 2.71. The fourth-order valence-electron chi connectivity index (χ4n) is 14.0. The molecule has 1 unspecified atom stereocenters. The predicted molar refractivity (Wildman–Crippen MR) is 206 cm³/mol. The van der Waals surface area contributed by atoms with Crippen LogP contribution in [0.1, 0.15) is 126 Å². The van der Waals surface area contributed by atoms with Crippen molar-refractivity contribution in [3.8, 4) is 0 Å². The van der Waals surface area contributed by atoms with Gasteiger partial charge in [0.05, 0.1) is 23.3 Å². The molecule has 0 aromatic heterocycles. The number of esters is 1. The number of carboxylic acid groups (broad SMARTS) is 1. The highest BCUT2D eigenvalue weighted by Crippen LogP contribution is 2.76. The molecule has 5 saturated carbocycles. The second kappa shape index (κ2) is 13.6. The lowest BCUT2D eigenvalue weighted by molar-refractivity contribution is -0.246. The topological polar surface area (TPSA) is 139 Å². The third-order valence-electron chi connectivity index (χ3n) is 17.3. The summed E-state index contributed by atoms with van der Waals surface area (Å²) >= 11 is 0. The number of carbonyl (C=O) groups excluding carboxylic acids is 1. The molecule has 6 fully saturated rings. The number of fused-ring (bicyclic) bond motifs is 7. The molecule has 1 aliphatic heterocycles. The minimum absolute atomic E-state index is 0.0481. The third kappa shape index (κ3) is 6.43. The van der Waals surface area contributed by atoms with Crippen LogP contribution in [0.4, 0.5) is 0 Å². The van der Waals surface area contributed by atoms with Crippen LogP contribution in [0.5, 0.6) is 0 Å². The first-order valence-corrected chi connectivity index (χ1v) is 22.4. The van der Waals surface area contributed by atoms with Crippen LogP contribution in [0.15, 0.2) is 12.2 Å². The first-order chi connectivity index (χ1) is 24.1. The molecule has 5 aliphatic carbocycles. The van der Waals surface area contributed by atoms with E-state index < -0.39 is 27.2 Å². The van der Waals surface area contributed by atoms with Gasteiger partial charge in [-0.2, -0.15) is 0 Å². The Balaban J connectivity index is 1.22. The van der Waals surface area contributed by atoms with E-state index in [1.54, 1.807) is 13.8 Å². The summed E-state index contributed by atoms with van der Waals surface area (Å²) in [4.78, 5) is 27.1. The van der Waals surface area contributed by atoms with Crippen molar-refractivity contribution in [3.63, 3.8) is 0 Å². The largest absolute Gasteiger partial charge is 0.481 e. The summed E-state index contributed by atoms with van der Waals surface area (Å²) in [6.45, 7) is 25.0. The lowest BCUT2D eigenvalue weighted by Crippen LogP contribution is -2.69. The van der Waals surface area contributed by atoms with E-state index in [1.807, 2.05) is 0 Å². The van der Waals surface area contributed by atoms with Gasteiger partial charge in [-0.05, 0) is 131 Å². The van der Waals surface area contributed by atoms with Crippen molar-refractivity contribution in [1.29, 1.82) is 0 Å². The van der Waals surface area contributed by atoms with Crippen molar-refractivity contribution in [3.05, 3.63) is 12.2 Å². The van der Waals surface area contributed by atoms with Crippen molar-refractivity contribution in [1.82, 2.24) is 10.2 Å². The number of rotatable bonds is 10. The summed E-state index contributed by atoms with van der Waals surface area (Å²) < 4.78 is 30.5. The molecule has 4 N–H and O–H groups in total. The maximum Gasteiger partial charge on any atom is 0.309 e. The summed E-state index contributed by atoms with van der Waals surface area (Å²) in [7, 11) is -2.95. The Kier molecular flexibility index (Phi) is 10.5. The highest BCUT2D eigenvalue weighted by atomic mass is 32.2. The average Bonchev–Trinajstić information content (AvgIpc) is 3.43. The second-order valence-electron chi connectivity index (χ2n) is 20.5. The van der Waals surface area contributed by atoms with Crippen LogP contribution >= 0.6 is 0 Å². The molecule has 10 heteroatoms. The molecule has 296 valence electrons. The fourth-order valence-corrected chi connectivity index (χ4v) is 15.3. The molecule has 6 rings (SSSR count). The predicted octanol–water partition coefficient (Wildman–Crippen LogP) is 6.46. The number of nitrogens with one attached hydrogen (secondary N) is 1. The molecule has 1 saturated heterocycles. The summed E-state index contributed by atoms with van der Waals surface area (Å²) in [5.41, 5.74) is 6.93. The lowest BCUT2D eigenvalue weighted by Gasteiger charge is -2.73. The Morgan fingerprint density at radius 3 is 2.23 bits per heavy atom. The standard InChI is InChI=1S/C42H71N3O6S/c1-27(2)29-12-17-42(44-26-28(25-43)45-20-22-52(49,50)23-21-45)19-18-40(8)30(35(29)42)10-11-32-39(7)15-14-33(51-34(46)24-37(3,4)36(47)48)38(5,6)31(39)13-16-41(32,40)9/h28-33,35,44H,1,10-26,43H2,2-9H3,(H,47,48)/t28?,29-,30+,31-,32+,33-,35+,39-,40+,41+,42-/m0/s1. The minimum Gasteiger partial charge on any atom is -0.481 e. The third-order valence-corrected chi connectivity index (χ3v) is 18.9. The lowest BCUT2D eigenvalue weighted by atomic mass is 9.32. The number of hydrogen-bond acceptors (Lipinski definition) is 8. The highest BCUT2D eigenvalue weighted by molar-refractivity contribution is 7.91. The fraction of sp³-hybridized carbons (Fsp3) is 0.905. The molecule has 9 nitrogen and oxygen atoms in total. The molecule has 0 amide bonds. The Morgan fingerprint density at radius 2 is 1.62 bits per heavy atom. The molecule has 0 aromatic rings. The van der Waals surface area contributed by atoms with Gasteiger partial charge >= 0.3 is 11.9 Å². The smallest absolute Gasteiger partial charge is 0.309 e. The van der Waals surface area contributed by atoms with Crippen LogP contribution in [-0.4, -0.2) is 85.7 Å². The average molecular weight is 746 g/mol. The number of sulfone groups is 1. The normalized spacial score (nSPS) is 43.2. The number of carbonyl (C=O) groups is 2. The molecule has 1 heterocycles. The van der Waals surface area contributed by atoms with E-state index in [0.29, 0.717) is 49.2 Å². The van der Waals surface area contributed by atoms with E-state index in [9.17, 15) is 23.1 Å². The molecule has 0 aromatic carbocycles. The maximum absolute atomic E-state index is 13.1. The van der Waals surface area contributed by atoms with E-state index >= 15 is 0 Å². The van der Waals surface area contributed by atoms with Gasteiger partial charge in [-0.25, -0.2) is 8.42 Å². The minimum atomic E-state index is -2.95. The van der Waals surface area contributed by atoms with Crippen LogP contribution in [0, 0.1) is 56.7 Å². The Morgan fingerprint density at radius 1 is 0.942 bits per heavy atom. The molecule has 52 heavy (non-hydrogen) atoms. The van der Waals surface area contributed by atoms with Crippen molar-refractivity contribution in [2.45, 2.75) is 144 Å². The van der Waals surface area contributed by atoms with Gasteiger partial charge in [-0.3, -0.25) is 14.5 Å². The van der Waals surface area contributed by atoms with E-state index in [0.717, 1.165) is 38.6 Å². The Hall–Kier alpha value is -1.49. The monoisotopic (exact) mass is 746 g/mol. The van der Waals surface area contributed by atoms with Crippen molar-refractivity contribution >= 4 is 21.8 Å². The van der Waals surface area contributed by atoms with Gasteiger partial charge in [0, 0.05) is 43.2 Å². The Labute approximate surface area is 314 Å². The first kappa shape index (κ1) is 40.2. The van der Waals surface area contributed by atoms with Crippen molar-refractivity contribution in [2.24, 2.45) is 62.4 Å². The maximum atomic E-state index is 13.1. The summed E-state index contributed by atoms with van der Waals surface area (Å²) in [6.07, 6.45) is 11.0. The molecule has 6 aliphatic rings. The summed E-state index contributed by atoms with van der Waals surface area (Å²) in [5, 5.41) is 13.8. The number of nitrogens with two attached hydrogens (primary N) is 1. The van der Waals surface area contributed by atoms with Crippen molar-refractivity contribution < 1.29 is 27.9 Å². The van der Waals surface area contributed by atoms with Gasteiger partial charge in [0.1, 0.15) is 6.10 Å². The first-order valence-electron chi connectivity index (χ1n) is 20.5. The van der Waals surface area contributed by atoms with E-state index in [2.05, 4.69) is 58.3 Å². The number of carboxylic acids is 1. The molecular weight excluding hydrogens is 675 g/mol. The van der Waals surface area contributed by atoms with Crippen LogP contribution < -0.4 is 11.1 Å². The number of ether oxygens (including phenoxy) is 1. The molecule has 0 spiro atoms. The van der Waals surface area contributed by atoms with Crippen LogP contribution in [0.2, 0.25) is 0 Å². The second-order valence-corrected chi connectivity index (χ2v) is 22.8.